The van der Waals surface area contributed by atoms with Gasteiger partial charge >= 0.3 is 5.97 Å². The number of nitrogens with zero attached hydrogens (tertiary/aromatic N) is 2. The van der Waals surface area contributed by atoms with Crippen LogP contribution >= 0.6 is 34.9 Å². The Morgan fingerprint density at radius 3 is 3.00 bits per heavy atom. The number of para-hydroxylation sites is 1. The molecule has 1 aliphatic rings. The topological polar surface area (TPSA) is 59.5 Å². The molecule has 0 spiro atoms. The van der Waals surface area contributed by atoms with Crippen molar-refractivity contribution in [1.29, 1.82) is 0 Å². The summed E-state index contributed by atoms with van der Waals surface area (Å²) in [4.78, 5) is 31.9. The van der Waals surface area contributed by atoms with Crippen molar-refractivity contribution in [3.63, 3.8) is 0 Å². The van der Waals surface area contributed by atoms with E-state index in [0.29, 0.717) is 23.3 Å². The van der Waals surface area contributed by atoms with E-state index in [1.807, 2.05) is 40.2 Å². The van der Waals surface area contributed by atoms with Crippen molar-refractivity contribution in [3.05, 3.63) is 35.3 Å². The van der Waals surface area contributed by atoms with Crippen LogP contribution in [0.2, 0.25) is 0 Å². The molecule has 27 heavy (non-hydrogen) atoms. The zero-order valence-electron chi connectivity index (χ0n) is 15.3. The molecule has 2 heterocycles. The molecule has 0 N–H and O–H groups in total. The first kappa shape index (κ1) is 20.2. The Bertz CT molecular complexity index is 809. The fourth-order valence-electron chi connectivity index (χ4n) is 2.74. The summed E-state index contributed by atoms with van der Waals surface area (Å²) in [6.45, 7) is 5.08. The summed E-state index contributed by atoms with van der Waals surface area (Å²) in [6.07, 6.45) is 1.14. The van der Waals surface area contributed by atoms with E-state index in [2.05, 4.69) is 18.0 Å². The molecule has 0 unspecified atom stereocenters. The lowest BCUT2D eigenvalue weighted by molar-refractivity contribution is -0.142. The molecule has 144 valence electrons. The van der Waals surface area contributed by atoms with Gasteiger partial charge in [0.05, 0.1) is 30.2 Å². The van der Waals surface area contributed by atoms with Crippen LogP contribution in [0.5, 0.6) is 0 Å². The second-order valence-corrected chi connectivity index (χ2v) is 9.67. The number of hydrogen-bond donors (Lipinski definition) is 0. The van der Waals surface area contributed by atoms with Crippen molar-refractivity contribution >= 4 is 52.4 Å². The Balaban J connectivity index is 1.61. The first-order chi connectivity index (χ1) is 13.1. The average molecular weight is 423 g/mol. The lowest BCUT2D eigenvalue weighted by Crippen LogP contribution is -2.33. The number of thiazole rings is 1. The summed E-state index contributed by atoms with van der Waals surface area (Å²) in [7, 11) is 0. The highest BCUT2D eigenvalue weighted by molar-refractivity contribution is 8.01. The monoisotopic (exact) mass is 422 g/mol. The van der Waals surface area contributed by atoms with Gasteiger partial charge in [-0.2, -0.15) is 0 Å². The van der Waals surface area contributed by atoms with Gasteiger partial charge in [0.25, 0.3) is 0 Å². The minimum atomic E-state index is -0.275. The SMILES string of the molecule is CCOC(=O)Cc1csc(SCC(=O)N2CC[C@@H](C)Sc3ccccc32)n1. The molecule has 5 nitrogen and oxygen atoms in total. The van der Waals surface area contributed by atoms with Crippen molar-refractivity contribution in [3.8, 4) is 0 Å². The number of fused-ring (bicyclic) bond motifs is 1. The van der Waals surface area contributed by atoms with Gasteiger partial charge < -0.3 is 9.64 Å². The normalized spacial score (nSPS) is 16.5. The third kappa shape index (κ3) is 5.49. The van der Waals surface area contributed by atoms with Gasteiger partial charge in [-0.25, -0.2) is 4.98 Å². The molecular formula is C19H22N2O3S3. The number of carbonyl (C=O) groups is 2. The number of esters is 1. The Hall–Kier alpha value is -1.51. The number of amides is 1. The van der Waals surface area contributed by atoms with Crippen LogP contribution in [0.15, 0.2) is 38.9 Å². The molecule has 0 bridgehead atoms. The van der Waals surface area contributed by atoms with Crippen LogP contribution in [0.1, 0.15) is 26.0 Å². The molecular weight excluding hydrogens is 400 g/mol. The average Bonchev–Trinajstić information content (AvgIpc) is 3.01. The second kappa shape index (κ2) is 9.61. The van der Waals surface area contributed by atoms with Crippen molar-refractivity contribution in [2.24, 2.45) is 0 Å². The molecule has 3 rings (SSSR count). The first-order valence-corrected chi connectivity index (χ1v) is 11.6. The van der Waals surface area contributed by atoms with E-state index in [-0.39, 0.29) is 18.3 Å². The molecule has 8 heteroatoms. The van der Waals surface area contributed by atoms with Crippen LogP contribution in [-0.2, 0) is 20.7 Å². The number of ether oxygens (including phenoxy) is 1. The summed E-state index contributed by atoms with van der Waals surface area (Å²) >= 11 is 4.71. The molecule has 0 saturated carbocycles. The molecule has 0 aliphatic carbocycles. The predicted octanol–water partition coefficient (Wildman–Crippen LogP) is 4.26. The van der Waals surface area contributed by atoms with E-state index >= 15 is 0 Å². The van der Waals surface area contributed by atoms with E-state index in [4.69, 9.17) is 4.74 Å². The van der Waals surface area contributed by atoms with E-state index in [1.165, 1.54) is 23.1 Å². The minimum Gasteiger partial charge on any atom is -0.466 e. The molecule has 1 aliphatic heterocycles. The zero-order valence-corrected chi connectivity index (χ0v) is 17.8. The third-order valence-corrected chi connectivity index (χ3v) is 7.32. The van der Waals surface area contributed by atoms with E-state index in [1.54, 1.807) is 6.92 Å². The maximum atomic E-state index is 12.9. The number of anilines is 1. The standard InChI is InChI=1S/C19H22N2O3S3/c1-3-24-18(23)10-14-11-25-19(20-14)26-12-17(22)21-9-8-13(2)27-16-7-5-4-6-15(16)21/h4-7,11,13H,3,8-10,12H2,1-2H3/t13-/m1/s1. The van der Waals surface area contributed by atoms with Gasteiger partial charge in [0, 0.05) is 22.1 Å². The van der Waals surface area contributed by atoms with Gasteiger partial charge in [-0.05, 0) is 25.5 Å². The summed E-state index contributed by atoms with van der Waals surface area (Å²) in [6, 6.07) is 8.09. The van der Waals surface area contributed by atoms with Gasteiger partial charge in [-0.15, -0.1) is 23.1 Å². The zero-order chi connectivity index (χ0) is 19.2. The Kier molecular flexibility index (Phi) is 7.20. The largest absolute Gasteiger partial charge is 0.466 e. The molecule has 1 atom stereocenters. The Labute approximate surface area is 171 Å². The van der Waals surface area contributed by atoms with Crippen LogP contribution in [0, 0.1) is 0 Å². The number of thioether (sulfide) groups is 2. The summed E-state index contributed by atoms with van der Waals surface area (Å²) in [5, 5.41) is 2.34. The lowest BCUT2D eigenvalue weighted by atomic mass is 10.2. The lowest BCUT2D eigenvalue weighted by Gasteiger charge is -2.22. The fourth-order valence-corrected chi connectivity index (χ4v) is 5.58. The predicted molar refractivity (Wildman–Crippen MR) is 112 cm³/mol. The van der Waals surface area contributed by atoms with Crippen molar-refractivity contribution in [2.45, 2.75) is 41.2 Å². The van der Waals surface area contributed by atoms with Crippen molar-refractivity contribution in [1.82, 2.24) is 4.98 Å². The number of hydrogen-bond acceptors (Lipinski definition) is 7. The Morgan fingerprint density at radius 1 is 1.37 bits per heavy atom. The van der Waals surface area contributed by atoms with Crippen LogP contribution in [0.3, 0.4) is 0 Å². The highest BCUT2D eigenvalue weighted by atomic mass is 32.2. The van der Waals surface area contributed by atoms with Gasteiger partial charge in [0.2, 0.25) is 5.91 Å². The minimum absolute atomic E-state index is 0.0873. The highest BCUT2D eigenvalue weighted by Gasteiger charge is 2.24. The molecule has 1 aromatic carbocycles. The molecule has 0 fully saturated rings. The van der Waals surface area contributed by atoms with E-state index in [0.717, 1.165) is 27.9 Å². The summed E-state index contributed by atoms with van der Waals surface area (Å²) in [5.41, 5.74) is 1.69. The van der Waals surface area contributed by atoms with Gasteiger partial charge in [0.15, 0.2) is 4.34 Å². The quantitative estimate of drug-likeness (QED) is 0.512. The molecule has 2 aromatic rings. The molecule has 1 aromatic heterocycles. The van der Waals surface area contributed by atoms with Crippen molar-refractivity contribution in [2.75, 3.05) is 23.8 Å². The maximum absolute atomic E-state index is 12.9. The summed E-state index contributed by atoms with van der Waals surface area (Å²) < 4.78 is 5.74. The van der Waals surface area contributed by atoms with Gasteiger partial charge in [0.1, 0.15) is 0 Å². The van der Waals surface area contributed by atoms with Crippen LogP contribution in [0.4, 0.5) is 5.69 Å². The smallest absolute Gasteiger partial charge is 0.311 e. The van der Waals surface area contributed by atoms with Crippen molar-refractivity contribution < 1.29 is 14.3 Å². The van der Waals surface area contributed by atoms with Gasteiger partial charge in [-0.3, -0.25) is 9.59 Å². The third-order valence-electron chi connectivity index (χ3n) is 4.03. The number of aromatic nitrogens is 1. The maximum Gasteiger partial charge on any atom is 0.311 e. The Morgan fingerprint density at radius 2 is 2.19 bits per heavy atom. The van der Waals surface area contributed by atoms with Crippen LogP contribution in [0.25, 0.3) is 0 Å². The highest BCUT2D eigenvalue weighted by Crippen LogP contribution is 2.37. The van der Waals surface area contributed by atoms with Crippen LogP contribution in [-0.4, -0.2) is 41.0 Å². The first-order valence-electron chi connectivity index (χ1n) is 8.85. The number of rotatable bonds is 6. The number of carbonyl (C=O) groups excluding carboxylic acids is 2. The van der Waals surface area contributed by atoms with Crippen LogP contribution < -0.4 is 4.90 Å². The fraction of sp³-hybridized carbons (Fsp3) is 0.421. The van der Waals surface area contributed by atoms with Gasteiger partial charge in [-0.1, -0.05) is 30.8 Å². The molecule has 0 saturated heterocycles. The molecule has 1 amide bonds. The van der Waals surface area contributed by atoms with E-state index < -0.39 is 0 Å². The number of benzene rings is 1. The van der Waals surface area contributed by atoms with E-state index in [9.17, 15) is 9.59 Å². The summed E-state index contributed by atoms with van der Waals surface area (Å²) in [5.74, 6) is 0.146. The molecule has 0 radical (unpaired) electrons. The second-order valence-electron chi connectivity index (χ2n) is 6.11.